The number of hydrogen-bond donors (Lipinski definition) is 1. The number of carbonyl (C=O) groups is 1. The second-order valence-corrected chi connectivity index (χ2v) is 17.2. The summed E-state index contributed by atoms with van der Waals surface area (Å²) in [5, 5.41) is 10.4. The van der Waals surface area contributed by atoms with E-state index < -0.39 is 21.6 Å². The SMILES string of the molecule is F[P-](F)(F)(F)(F)F.F[P-](F)(F)(F)(F)F.O=C(O)c1c(-c2ccc(C[n+]3ccc(-c4ccncc4)cc3)cc2)cccc1-c1ccc(C[n+]2ccc(-c3ccncc3)cc2)cc1. The first-order chi connectivity index (χ1) is 28.0. The van der Waals surface area contributed by atoms with Crippen molar-refractivity contribution >= 4 is 21.6 Å². The van der Waals surface area contributed by atoms with E-state index in [2.05, 4.69) is 92.4 Å². The largest absolute Gasteiger partial charge is 0.478 e. The van der Waals surface area contributed by atoms with E-state index in [4.69, 9.17) is 0 Å². The molecule has 0 spiro atoms. The summed E-state index contributed by atoms with van der Waals surface area (Å²) in [6.45, 7) is 1.42. The van der Waals surface area contributed by atoms with E-state index in [0.717, 1.165) is 44.5 Å². The van der Waals surface area contributed by atoms with E-state index in [-0.39, 0.29) is 0 Å². The predicted molar refractivity (Wildman–Crippen MR) is 209 cm³/mol. The van der Waals surface area contributed by atoms with Gasteiger partial charge in [-0.2, -0.15) is 0 Å². The number of carboxylic acid groups (broad SMARTS) is 1. The Morgan fingerprint density at radius 2 is 0.705 bits per heavy atom. The first kappa shape index (κ1) is 45.8. The number of nitrogens with zero attached hydrogens (tertiary/aromatic N) is 4. The number of carboxylic acids is 1. The predicted octanol–water partition coefficient (Wildman–Crippen LogP) is 14.3. The molecule has 4 aromatic heterocycles. The number of aromatic carboxylic acids is 1. The van der Waals surface area contributed by atoms with Gasteiger partial charge in [-0.1, -0.05) is 66.7 Å². The van der Waals surface area contributed by atoms with Crippen LogP contribution >= 0.6 is 15.6 Å². The van der Waals surface area contributed by atoms with Crippen molar-refractivity contribution in [3.63, 3.8) is 0 Å². The molecule has 0 aliphatic rings. The van der Waals surface area contributed by atoms with Gasteiger partial charge in [0.25, 0.3) is 0 Å². The van der Waals surface area contributed by atoms with Crippen LogP contribution in [0.4, 0.5) is 50.4 Å². The molecule has 6 nitrogen and oxygen atoms in total. The van der Waals surface area contributed by atoms with Crippen LogP contribution in [0.1, 0.15) is 21.5 Å². The second-order valence-electron chi connectivity index (χ2n) is 13.3. The summed E-state index contributed by atoms with van der Waals surface area (Å²) in [5.41, 5.74) is 10.2. The van der Waals surface area contributed by atoms with E-state index in [0.29, 0.717) is 29.8 Å². The van der Waals surface area contributed by atoms with E-state index in [1.807, 2.05) is 66.7 Å². The van der Waals surface area contributed by atoms with Gasteiger partial charge < -0.3 is 5.11 Å². The summed E-state index contributed by atoms with van der Waals surface area (Å²) in [7, 11) is -21.3. The molecule has 61 heavy (non-hydrogen) atoms. The molecule has 7 rings (SSSR count). The molecule has 0 unspecified atom stereocenters. The Kier molecular flexibility index (Phi) is 12.0. The fourth-order valence-corrected chi connectivity index (χ4v) is 5.86. The van der Waals surface area contributed by atoms with Crippen LogP contribution < -0.4 is 9.13 Å². The standard InChI is InChI=1S/C41H31N4O2.2F6P/c46-41(47)40-38(36-8-4-30(5-9-36)28-44-24-16-34(17-25-44)32-12-20-42-21-13-32)2-1-3-39(40)37-10-6-31(7-11-37)29-45-26-18-35(19-27-45)33-14-22-43-23-15-33;2*1-7(2,3,4,5)6/h1-27H,28-29H2;;/q+1;2*-1/p+1. The Hall–Kier alpha value is -6.25. The third-order valence-electron chi connectivity index (χ3n) is 8.35. The molecule has 0 fully saturated rings. The molecule has 0 radical (unpaired) electrons. The molecule has 0 saturated heterocycles. The maximum absolute atomic E-state index is 12.7. The Bertz CT molecular complexity index is 2410. The average molecular weight is 903 g/mol. The van der Waals surface area contributed by atoms with Crippen LogP contribution in [0.15, 0.2) is 165 Å². The van der Waals surface area contributed by atoms with Crippen LogP contribution in [-0.2, 0) is 13.1 Å². The van der Waals surface area contributed by atoms with Crippen molar-refractivity contribution < 1.29 is 69.4 Å². The van der Waals surface area contributed by atoms with Gasteiger partial charge in [0.05, 0.1) is 5.56 Å². The van der Waals surface area contributed by atoms with Gasteiger partial charge in [0.1, 0.15) is 0 Å². The monoisotopic (exact) mass is 902 g/mol. The number of benzene rings is 3. The fraction of sp³-hybridized carbons (Fsp3) is 0.0488. The normalized spacial score (nSPS) is 13.7. The van der Waals surface area contributed by atoms with Gasteiger partial charge in [-0.25, -0.2) is 13.9 Å². The van der Waals surface area contributed by atoms with Crippen LogP contribution in [0, 0.1) is 0 Å². The number of halogens is 12. The van der Waals surface area contributed by atoms with Crippen LogP contribution in [0.3, 0.4) is 0 Å². The molecule has 3 aromatic carbocycles. The molecule has 4 heterocycles. The van der Waals surface area contributed by atoms with Crippen LogP contribution in [0.2, 0.25) is 0 Å². The molecule has 0 aliphatic carbocycles. The third-order valence-corrected chi connectivity index (χ3v) is 8.35. The zero-order chi connectivity index (χ0) is 44.8. The van der Waals surface area contributed by atoms with Gasteiger partial charge in [0.15, 0.2) is 37.9 Å². The smallest absolute Gasteiger partial charge is 0.336 e. The Morgan fingerprint density at radius 3 is 0.984 bits per heavy atom. The maximum Gasteiger partial charge on any atom is 0.336 e. The zero-order valence-electron chi connectivity index (χ0n) is 31.1. The summed E-state index contributed by atoms with van der Waals surface area (Å²) >= 11 is 0. The molecule has 20 heteroatoms. The molecule has 0 saturated carbocycles. The number of pyridine rings is 4. The van der Waals surface area contributed by atoms with Crippen molar-refractivity contribution in [2.24, 2.45) is 0 Å². The van der Waals surface area contributed by atoms with Crippen molar-refractivity contribution in [2.75, 3.05) is 0 Å². The molecule has 7 aromatic rings. The molecule has 322 valence electrons. The molecular formula is C41H32F12N4O2P2. The molecule has 0 aliphatic heterocycles. The quantitative estimate of drug-likeness (QED) is 0.0890. The van der Waals surface area contributed by atoms with Crippen molar-refractivity contribution in [3.05, 3.63) is 182 Å². The van der Waals surface area contributed by atoms with Gasteiger partial charge in [-0.15, -0.1) is 0 Å². The Balaban J connectivity index is 0.000000434. The van der Waals surface area contributed by atoms with Crippen molar-refractivity contribution in [1.29, 1.82) is 0 Å². The van der Waals surface area contributed by atoms with E-state index in [1.54, 1.807) is 24.8 Å². The first-order valence-electron chi connectivity index (χ1n) is 17.5. The van der Waals surface area contributed by atoms with Gasteiger partial charge in [-0.05, 0) is 68.8 Å². The van der Waals surface area contributed by atoms with E-state index in [9.17, 15) is 60.3 Å². The second kappa shape index (κ2) is 16.0. The molecule has 1 N–H and O–H groups in total. The van der Waals surface area contributed by atoms with Crippen molar-refractivity contribution in [2.45, 2.75) is 13.1 Å². The van der Waals surface area contributed by atoms with Gasteiger partial charge in [0.2, 0.25) is 0 Å². The summed E-state index contributed by atoms with van der Waals surface area (Å²) in [6, 6.07) is 38.4. The Labute approximate surface area is 339 Å². The van der Waals surface area contributed by atoms with Gasteiger partial charge in [-0.3, -0.25) is 9.97 Å². The van der Waals surface area contributed by atoms with Crippen molar-refractivity contribution in [3.8, 4) is 44.5 Å². The number of aromatic nitrogens is 4. The van der Waals surface area contributed by atoms with Gasteiger partial charge in [0, 0.05) is 60.2 Å². The average Bonchev–Trinajstić information content (AvgIpc) is 3.17. The molecule has 0 bridgehead atoms. The first-order valence-corrected chi connectivity index (χ1v) is 21.5. The fourth-order valence-electron chi connectivity index (χ4n) is 5.86. The summed E-state index contributed by atoms with van der Waals surface area (Å²) in [4.78, 5) is 20.8. The summed E-state index contributed by atoms with van der Waals surface area (Å²) < 4.78 is 123. The van der Waals surface area contributed by atoms with Crippen molar-refractivity contribution in [1.82, 2.24) is 9.97 Å². The van der Waals surface area contributed by atoms with E-state index >= 15 is 0 Å². The maximum atomic E-state index is 12.7. The number of hydrogen-bond acceptors (Lipinski definition) is 3. The molecule has 0 amide bonds. The van der Waals surface area contributed by atoms with Crippen LogP contribution in [0.5, 0.6) is 0 Å². The minimum Gasteiger partial charge on any atom is -0.478 e. The third kappa shape index (κ3) is 17.1. The molecular weight excluding hydrogens is 870 g/mol. The van der Waals surface area contributed by atoms with Crippen LogP contribution in [0.25, 0.3) is 44.5 Å². The molecule has 0 atom stereocenters. The minimum atomic E-state index is -10.7. The van der Waals surface area contributed by atoms with E-state index in [1.165, 1.54) is 0 Å². The summed E-state index contributed by atoms with van der Waals surface area (Å²) in [6.07, 6.45) is 15.5. The minimum absolute atomic E-state index is 0.301. The van der Waals surface area contributed by atoms with Crippen LogP contribution in [-0.4, -0.2) is 21.0 Å². The summed E-state index contributed by atoms with van der Waals surface area (Å²) in [5.74, 6) is -0.946. The Morgan fingerprint density at radius 1 is 0.426 bits per heavy atom. The van der Waals surface area contributed by atoms with Gasteiger partial charge >= 0.3 is 71.9 Å². The topological polar surface area (TPSA) is 70.8 Å². The number of rotatable bonds is 9. The zero-order valence-corrected chi connectivity index (χ0v) is 32.9.